The summed E-state index contributed by atoms with van der Waals surface area (Å²) in [4.78, 5) is 4.76. The quantitative estimate of drug-likeness (QED) is 0.338. The first-order valence-corrected chi connectivity index (χ1v) is 9.72. The summed E-state index contributed by atoms with van der Waals surface area (Å²) in [5, 5.41) is 9.82. The van der Waals surface area contributed by atoms with Crippen LogP contribution in [0.5, 0.6) is 0 Å². The van der Waals surface area contributed by atoms with Gasteiger partial charge in [-0.3, -0.25) is 0 Å². The molecule has 0 aliphatic carbocycles. The number of rotatable bonds is 6. The van der Waals surface area contributed by atoms with Gasteiger partial charge in [-0.05, 0) is 43.5 Å². The molecule has 0 N–H and O–H groups in total. The molecule has 26 heavy (non-hydrogen) atoms. The number of thioether (sulfide) groups is 1. The molecule has 2 aromatic carbocycles. The van der Waals surface area contributed by atoms with Crippen LogP contribution in [0.4, 0.5) is 5.69 Å². The lowest BCUT2D eigenvalue weighted by molar-refractivity contribution is -0.00902. The molecule has 7 heteroatoms. The maximum atomic E-state index is 6.30. The van der Waals surface area contributed by atoms with Gasteiger partial charge in [0.1, 0.15) is 10.6 Å². The van der Waals surface area contributed by atoms with Gasteiger partial charge in [0.05, 0.1) is 16.2 Å². The van der Waals surface area contributed by atoms with E-state index in [0.29, 0.717) is 22.4 Å². The van der Waals surface area contributed by atoms with E-state index in [1.807, 2.05) is 55.6 Å². The van der Waals surface area contributed by atoms with Crippen LogP contribution in [0.3, 0.4) is 0 Å². The van der Waals surface area contributed by atoms with Gasteiger partial charge in [-0.1, -0.05) is 47.7 Å². The number of aromatic nitrogens is 3. The topological polar surface area (TPSA) is 52.3 Å². The number of para-hydroxylation sites is 2. The first-order chi connectivity index (χ1) is 12.7. The Kier molecular flexibility index (Phi) is 5.76. The van der Waals surface area contributed by atoms with Crippen LogP contribution in [0.2, 0.25) is 5.02 Å². The van der Waals surface area contributed by atoms with E-state index in [1.165, 1.54) is 11.8 Å². The van der Waals surface area contributed by atoms with E-state index < -0.39 is 5.72 Å². The van der Waals surface area contributed by atoms with E-state index in [0.717, 1.165) is 11.0 Å². The Bertz CT molecular complexity index is 955. The van der Waals surface area contributed by atoms with Crippen molar-refractivity contribution in [2.45, 2.75) is 12.6 Å². The number of aliphatic imine (C=N–C) groups is 1. The number of ether oxygens (including phenoxy) is 1. The molecule has 3 rings (SSSR count). The minimum absolute atomic E-state index is 0.447. The molecule has 0 bridgehead atoms. The van der Waals surface area contributed by atoms with Crippen LogP contribution in [0.15, 0.2) is 66.2 Å². The number of halogens is 1. The monoisotopic (exact) mass is 386 g/mol. The summed E-state index contributed by atoms with van der Waals surface area (Å²) in [6, 6.07) is 15.1. The van der Waals surface area contributed by atoms with Gasteiger partial charge < -0.3 is 4.74 Å². The molecule has 5 nitrogen and oxygen atoms in total. The zero-order chi connectivity index (χ0) is 18.6. The lowest BCUT2D eigenvalue weighted by atomic mass is 10.2. The average Bonchev–Trinajstić information content (AvgIpc) is 3.10. The molecule has 1 unspecified atom stereocenters. The van der Waals surface area contributed by atoms with E-state index in [1.54, 1.807) is 16.8 Å². The van der Waals surface area contributed by atoms with Crippen LogP contribution < -0.4 is 0 Å². The van der Waals surface area contributed by atoms with Gasteiger partial charge in [-0.2, -0.15) is 0 Å². The number of hydrogen-bond acceptors (Lipinski definition) is 5. The number of fused-ring (bicyclic) bond motifs is 1. The highest BCUT2D eigenvalue weighted by Crippen LogP contribution is 2.34. The van der Waals surface area contributed by atoms with Crippen LogP contribution in [-0.2, 0) is 10.5 Å². The summed E-state index contributed by atoms with van der Waals surface area (Å²) < 4.78 is 7.86. The molecule has 0 aliphatic rings. The lowest BCUT2D eigenvalue weighted by Gasteiger charge is -2.31. The van der Waals surface area contributed by atoms with E-state index in [2.05, 4.69) is 16.9 Å². The Hall–Kier alpha value is -2.15. The maximum Gasteiger partial charge on any atom is 0.231 e. The largest absolute Gasteiger partial charge is 0.345 e. The van der Waals surface area contributed by atoms with Crippen LogP contribution in [-0.4, -0.2) is 32.9 Å². The van der Waals surface area contributed by atoms with E-state index in [-0.39, 0.29) is 0 Å². The molecule has 0 spiro atoms. The molecule has 1 atom stereocenters. The van der Waals surface area contributed by atoms with E-state index in [4.69, 9.17) is 21.3 Å². The molecule has 1 aromatic heterocycles. The second-order valence-electron chi connectivity index (χ2n) is 5.40. The molecule has 0 aliphatic heterocycles. The normalized spacial score (nSPS) is 14.3. The van der Waals surface area contributed by atoms with Crippen LogP contribution in [0, 0.1) is 0 Å². The maximum absolute atomic E-state index is 6.30. The number of hydrogen-bond donors (Lipinski definition) is 0. The highest BCUT2D eigenvalue weighted by molar-refractivity contribution is 8.13. The number of nitrogens with zero attached hydrogens (tertiary/aromatic N) is 4. The van der Waals surface area contributed by atoms with Crippen molar-refractivity contribution in [3.05, 3.63) is 66.2 Å². The SMILES string of the molecule is C=CC(OCC)(C(=Nc1ccccc1Cl)SC)n1nnc2ccccc21. The standard InChI is InChI=1S/C19H19ClN4OS/c1-4-19(25-5-2,24-17-13-9-8-12-16(17)22-23-24)18(26-3)21-15-11-7-6-10-14(15)20/h4,6-13H,1,5H2,2-3H3. The Morgan fingerprint density at radius 2 is 2.04 bits per heavy atom. The second-order valence-corrected chi connectivity index (χ2v) is 6.60. The van der Waals surface area contributed by atoms with Crippen LogP contribution >= 0.6 is 23.4 Å². The summed E-state index contributed by atoms with van der Waals surface area (Å²) in [5.41, 5.74) is 1.19. The van der Waals surface area contributed by atoms with E-state index >= 15 is 0 Å². The Balaban J connectivity index is 2.24. The average molecular weight is 387 g/mol. The molecule has 1 heterocycles. The van der Waals surface area contributed by atoms with E-state index in [9.17, 15) is 0 Å². The van der Waals surface area contributed by atoms with Gasteiger partial charge in [0, 0.05) is 6.61 Å². The minimum Gasteiger partial charge on any atom is -0.345 e. The minimum atomic E-state index is -1.08. The Labute approximate surface area is 161 Å². The van der Waals surface area contributed by atoms with Gasteiger partial charge >= 0.3 is 0 Å². The summed E-state index contributed by atoms with van der Waals surface area (Å²) in [5.74, 6) is 0. The molecule has 0 saturated carbocycles. The lowest BCUT2D eigenvalue weighted by Crippen LogP contribution is -2.42. The Morgan fingerprint density at radius 3 is 2.73 bits per heavy atom. The van der Waals surface area contributed by atoms with Crippen molar-refractivity contribution >= 4 is 45.1 Å². The fourth-order valence-electron chi connectivity index (χ4n) is 2.70. The third kappa shape index (κ3) is 3.28. The second kappa shape index (κ2) is 8.03. The first kappa shape index (κ1) is 18.6. The predicted molar refractivity (Wildman–Crippen MR) is 109 cm³/mol. The van der Waals surface area contributed by atoms with Gasteiger partial charge in [-0.15, -0.1) is 16.9 Å². The van der Waals surface area contributed by atoms with Crippen LogP contribution in [0.1, 0.15) is 6.92 Å². The Morgan fingerprint density at radius 1 is 1.31 bits per heavy atom. The van der Waals surface area contributed by atoms with Gasteiger partial charge in [0.15, 0.2) is 0 Å². The molecular weight excluding hydrogens is 368 g/mol. The highest BCUT2D eigenvalue weighted by Gasteiger charge is 2.38. The summed E-state index contributed by atoms with van der Waals surface area (Å²) >= 11 is 7.76. The molecular formula is C19H19ClN4OS. The van der Waals surface area contributed by atoms with Crippen molar-refractivity contribution < 1.29 is 4.74 Å². The molecule has 0 saturated heterocycles. The molecule has 0 amide bonds. The first-order valence-electron chi connectivity index (χ1n) is 8.12. The van der Waals surface area contributed by atoms with Crippen molar-refractivity contribution in [2.75, 3.05) is 12.9 Å². The number of benzene rings is 2. The zero-order valence-corrected chi connectivity index (χ0v) is 16.2. The smallest absolute Gasteiger partial charge is 0.231 e. The zero-order valence-electron chi connectivity index (χ0n) is 14.6. The van der Waals surface area contributed by atoms with Crippen molar-refractivity contribution in [2.24, 2.45) is 4.99 Å². The fourth-order valence-corrected chi connectivity index (χ4v) is 3.59. The summed E-state index contributed by atoms with van der Waals surface area (Å²) in [7, 11) is 0. The molecule has 134 valence electrons. The van der Waals surface area contributed by atoms with Gasteiger partial charge in [0.25, 0.3) is 0 Å². The predicted octanol–water partition coefficient (Wildman–Crippen LogP) is 5.05. The van der Waals surface area contributed by atoms with Crippen molar-refractivity contribution in [1.82, 2.24) is 15.0 Å². The summed E-state index contributed by atoms with van der Waals surface area (Å²) in [6.07, 6.45) is 3.63. The van der Waals surface area contributed by atoms with Crippen LogP contribution in [0.25, 0.3) is 11.0 Å². The summed E-state index contributed by atoms with van der Waals surface area (Å²) in [6.45, 7) is 6.37. The van der Waals surface area contributed by atoms with Gasteiger partial charge in [-0.25, -0.2) is 9.67 Å². The fraction of sp³-hybridized carbons (Fsp3) is 0.211. The third-order valence-electron chi connectivity index (χ3n) is 3.88. The molecule has 0 radical (unpaired) electrons. The van der Waals surface area contributed by atoms with Gasteiger partial charge in [0.2, 0.25) is 5.72 Å². The third-order valence-corrected chi connectivity index (χ3v) is 4.97. The van der Waals surface area contributed by atoms with Crippen molar-refractivity contribution in [3.8, 4) is 0 Å². The van der Waals surface area contributed by atoms with Crippen molar-refractivity contribution in [1.29, 1.82) is 0 Å². The molecule has 3 aromatic rings. The molecule has 0 fully saturated rings. The highest BCUT2D eigenvalue weighted by atomic mass is 35.5. The van der Waals surface area contributed by atoms with Crippen molar-refractivity contribution in [3.63, 3.8) is 0 Å².